The Labute approximate surface area is 201 Å². The van der Waals surface area contributed by atoms with Crippen LogP contribution in [0.3, 0.4) is 0 Å². The number of fused-ring (bicyclic) bond motifs is 1. The summed E-state index contributed by atoms with van der Waals surface area (Å²) in [5.41, 5.74) is 0.631. The van der Waals surface area contributed by atoms with E-state index in [1.807, 2.05) is 0 Å². The zero-order chi connectivity index (χ0) is 24.1. The molecule has 0 bridgehead atoms. The number of ether oxygens (including phenoxy) is 2. The summed E-state index contributed by atoms with van der Waals surface area (Å²) in [6.45, 7) is 2.70. The molecule has 0 saturated carbocycles. The molecule has 8 nitrogen and oxygen atoms in total. The van der Waals surface area contributed by atoms with Gasteiger partial charge in [0.25, 0.3) is 5.91 Å². The van der Waals surface area contributed by atoms with E-state index in [2.05, 4.69) is 10.2 Å². The van der Waals surface area contributed by atoms with Gasteiger partial charge in [-0.15, -0.1) is 0 Å². The second-order valence-corrected chi connectivity index (χ2v) is 8.54. The van der Waals surface area contributed by atoms with Gasteiger partial charge in [0.15, 0.2) is 19.0 Å². The topological polar surface area (TPSA) is 88.2 Å². The van der Waals surface area contributed by atoms with Gasteiger partial charge in [0.2, 0.25) is 5.91 Å². The first-order valence-electron chi connectivity index (χ1n) is 11.1. The summed E-state index contributed by atoms with van der Waals surface area (Å²) >= 11 is 5.74. The molecule has 1 saturated heterocycles. The molecule has 2 heterocycles. The fourth-order valence-corrected chi connectivity index (χ4v) is 4.08. The number of amides is 2. The molecule has 0 spiro atoms. The molecular weight excluding hydrogens is 465 g/mol. The van der Waals surface area contributed by atoms with Gasteiger partial charge in [0.1, 0.15) is 23.9 Å². The molecule has 0 atom stereocenters. The second kappa shape index (κ2) is 10.8. The van der Waals surface area contributed by atoms with Gasteiger partial charge in [-0.25, -0.2) is 4.39 Å². The van der Waals surface area contributed by atoms with E-state index in [9.17, 15) is 18.8 Å². The third kappa shape index (κ3) is 5.84. The molecule has 180 valence electrons. The molecule has 2 aromatic rings. The van der Waals surface area contributed by atoms with Crippen LogP contribution in [0.4, 0.5) is 10.1 Å². The minimum Gasteiger partial charge on any atom is -0.485 e. The van der Waals surface area contributed by atoms with Gasteiger partial charge >= 0.3 is 0 Å². The molecule has 2 aliphatic heterocycles. The van der Waals surface area contributed by atoms with Crippen LogP contribution in [0, 0.1) is 5.82 Å². The molecule has 0 aliphatic carbocycles. The number of anilines is 1. The minimum atomic E-state index is -0.583. The maximum Gasteiger partial charge on any atom is 0.265 e. The van der Waals surface area contributed by atoms with Crippen molar-refractivity contribution in [1.82, 2.24) is 10.2 Å². The number of nitrogens with zero attached hydrogens (tertiary/aromatic N) is 2. The smallest absolute Gasteiger partial charge is 0.265 e. The number of nitrogens with one attached hydrogen (secondary N) is 1. The largest absolute Gasteiger partial charge is 0.485 e. The average Bonchev–Trinajstić information content (AvgIpc) is 3.35. The van der Waals surface area contributed by atoms with Crippen molar-refractivity contribution in [2.45, 2.75) is 12.8 Å². The van der Waals surface area contributed by atoms with Crippen molar-refractivity contribution < 1.29 is 28.2 Å². The molecule has 2 aliphatic rings. The van der Waals surface area contributed by atoms with Crippen LogP contribution < -0.4 is 19.7 Å². The number of hydrogen-bond acceptors (Lipinski definition) is 6. The Morgan fingerprint density at radius 2 is 1.94 bits per heavy atom. The van der Waals surface area contributed by atoms with Gasteiger partial charge in [0.05, 0.1) is 10.7 Å². The second-order valence-electron chi connectivity index (χ2n) is 8.14. The molecule has 1 fully saturated rings. The van der Waals surface area contributed by atoms with Gasteiger partial charge in [0, 0.05) is 24.7 Å². The Hall–Kier alpha value is -3.17. The van der Waals surface area contributed by atoms with Crippen LogP contribution >= 0.6 is 11.6 Å². The summed E-state index contributed by atoms with van der Waals surface area (Å²) in [5.74, 6) is -0.940. The van der Waals surface area contributed by atoms with E-state index in [0.29, 0.717) is 18.0 Å². The SMILES string of the molecule is O=C(CN1C(=O)COc2ccc(C(=O)COc3ccc(F)c(Cl)c3)cc21)NCCN1CCCC1. The van der Waals surface area contributed by atoms with Crippen molar-refractivity contribution in [3.63, 3.8) is 0 Å². The Balaban J connectivity index is 1.39. The van der Waals surface area contributed by atoms with Crippen LogP contribution in [0.25, 0.3) is 0 Å². The molecule has 4 rings (SSSR count). The van der Waals surface area contributed by atoms with Crippen LogP contribution in [0.1, 0.15) is 23.2 Å². The lowest BCUT2D eigenvalue weighted by Crippen LogP contribution is -2.46. The van der Waals surface area contributed by atoms with Gasteiger partial charge < -0.3 is 19.7 Å². The third-order valence-corrected chi connectivity index (χ3v) is 6.03. The van der Waals surface area contributed by atoms with E-state index in [1.165, 1.54) is 35.9 Å². The highest BCUT2D eigenvalue weighted by Gasteiger charge is 2.28. The zero-order valence-electron chi connectivity index (χ0n) is 18.5. The van der Waals surface area contributed by atoms with E-state index in [-0.39, 0.29) is 53.7 Å². The lowest BCUT2D eigenvalue weighted by atomic mass is 10.1. The predicted molar refractivity (Wildman–Crippen MR) is 124 cm³/mol. The Kier molecular flexibility index (Phi) is 7.64. The van der Waals surface area contributed by atoms with E-state index < -0.39 is 5.82 Å². The number of carbonyl (C=O) groups is 3. The summed E-state index contributed by atoms with van der Waals surface area (Å²) in [6, 6.07) is 8.46. The van der Waals surface area contributed by atoms with Crippen molar-refractivity contribution in [1.29, 1.82) is 0 Å². The van der Waals surface area contributed by atoms with Gasteiger partial charge in [-0.2, -0.15) is 0 Å². The molecule has 2 amide bonds. The van der Waals surface area contributed by atoms with Crippen LogP contribution in [-0.4, -0.2) is 68.4 Å². The minimum absolute atomic E-state index is 0.108. The quantitative estimate of drug-likeness (QED) is 0.545. The molecule has 34 heavy (non-hydrogen) atoms. The van der Waals surface area contributed by atoms with Crippen LogP contribution in [0.2, 0.25) is 5.02 Å². The van der Waals surface area contributed by atoms with Crippen molar-refractivity contribution in [3.05, 3.63) is 52.8 Å². The first-order chi connectivity index (χ1) is 16.4. The third-order valence-electron chi connectivity index (χ3n) is 5.74. The monoisotopic (exact) mass is 489 g/mol. The van der Waals surface area contributed by atoms with Gasteiger partial charge in [-0.05, 0) is 56.3 Å². The number of Topliss-reactive ketones (excluding diaryl/α,β-unsaturated/α-hetero) is 1. The lowest BCUT2D eigenvalue weighted by Gasteiger charge is -2.29. The number of ketones is 1. The fraction of sp³-hybridized carbons (Fsp3) is 0.375. The molecule has 0 aromatic heterocycles. The van der Waals surface area contributed by atoms with Crippen molar-refractivity contribution >= 4 is 34.9 Å². The highest BCUT2D eigenvalue weighted by Crippen LogP contribution is 2.33. The van der Waals surface area contributed by atoms with Crippen LogP contribution in [-0.2, 0) is 9.59 Å². The number of benzene rings is 2. The highest BCUT2D eigenvalue weighted by atomic mass is 35.5. The standard InChI is InChI=1S/C24H25ClFN3O5/c25-18-12-17(4-5-19(18)26)33-14-21(30)16-3-6-22-20(11-16)29(24(32)15-34-22)13-23(31)27-7-10-28-8-1-2-9-28/h3-6,11-12H,1-2,7-10,13-15H2,(H,27,31). The lowest BCUT2D eigenvalue weighted by molar-refractivity contribution is -0.125. The van der Waals surface area contributed by atoms with E-state index in [4.69, 9.17) is 21.1 Å². The molecule has 10 heteroatoms. The number of carbonyl (C=O) groups excluding carboxylic acids is 3. The molecule has 2 aromatic carbocycles. The summed E-state index contributed by atoms with van der Waals surface area (Å²) in [5, 5.41) is 2.75. The summed E-state index contributed by atoms with van der Waals surface area (Å²) in [7, 11) is 0. The maximum atomic E-state index is 13.3. The first kappa shape index (κ1) is 24.0. The normalized spacial score (nSPS) is 15.6. The van der Waals surface area contributed by atoms with E-state index >= 15 is 0 Å². The summed E-state index contributed by atoms with van der Waals surface area (Å²) in [4.78, 5) is 41.2. The van der Waals surface area contributed by atoms with E-state index in [1.54, 1.807) is 12.1 Å². The average molecular weight is 490 g/mol. The number of halogens is 2. The van der Waals surface area contributed by atoms with E-state index in [0.717, 1.165) is 25.7 Å². The van der Waals surface area contributed by atoms with Gasteiger partial charge in [-0.3, -0.25) is 19.3 Å². The summed E-state index contributed by atoms with van der Waals surface area (Å²) in [6.07, 6.45) is 2.35. The Morgan fingerprint density at radius 3 is 2.71 bits per heavy atom. The van der Waals surface area contributed by atoms with Gasteiger partial charge in [-0.1, -0.05) is 11.6 Å². The molecule has 1 N–H and O–H groups in total. The highest BCUT2D eigenvalue weighted by molar-refractivity contribution is 6.30. The Bertz CT molecular complexity index is 1090. The summed E-state index contributed by atoms with van der Waals surface area (Å²) < 4.78 is 24.2. The number of rotatable bonds is 9. The van der Waals surface area contributed by atoms with Crippen molar-refractivity contribution in [3.8, 4) is 11.5 Å². The molecular formula is C24H25ClFN3O5. The first-order valence-corrected chi connectivity index (χ1v) is 11.5. The van der Waals surface area contributed by atoms with Crippen molar-refractivity contribution in [2.24, 2.45) is 0 Å². The molecule has 0 radical (unpaired) electrons. The number of hydrogen-bond donors (Lipinski definition) is 1. The maximum absolute atomic E-state index is 13.3. The predicted octanol–water partition coefficient (Wildman–Crippen LogP) is 2.68. The fourth-order valence-electron chi connectivity index (χ4n) is 3.91. The number of likely N-dealkylation sites (tertiary alicyclic amines) is 1. The Morgan fingerprint density at radius 1 is 1.15 bits per heavy atom. The van der Waals surface area contributed by atoms with Crippen LogP contribution in [0.5, 0.6) is 11.5 Å². The zero-order valence-corrected chi connectivity index (χ0v) is 19.3. The van der Waals surface area contributed by atoms with Crippen LogP contribution in [0.15, 0.2) is 36.4 Å². The van der Waals surface area contributed by atoms with Crippen molar-refractivity contribution in [2.75, 3.05) is 50.8 Å². The molecule has 0 unspecified atom stereocenters.